The van der Waals surface area contributed by atoms with Gasteiger partial charge in [0.15, 0.2) is 5.69 Å². The Morgan fingerprint density at radius 2 is 1.48 bits per heavy atom. The molecule has 1 saturated carbocycles. The van der Waals surface area contributed by atoms with E-state index in [1.54, 1.807) is 17.8 Å². The van der Waals surface area contributed by atoms with Crippen LogP contribution in [0.2, 0.25) is 0 Å². The van der Waals surface area contributed by atoms with Gasteiger partial charge in [-0.05, 0) is 58.3 Å². The van der Waals surface area contributed by atoms with E-state index < -0.39 is 10.5 Å². The van der Waals surface area contributed by atoms with Crippen LogP contribution in [0.25, 0.3) is 10.9 Å². The minimum absolute atomic E-state index is 0.0514. The Bertz CT molecular complexity index is 2400. The third-order valence-electron chi connectivity index (χ3n) is 11.4. The summed E-state index contributed by atoms with van der Waals surface area (Å²) in [6.07, 6.45) is 8.06. The molecule has 14 nitrogen and oxygen atoms in total. The first-order chi connectivity index (χ1) is 28.5. The van der Waals surface area contributed by atoms with Gasteiger partial charge in [-0.25, -0.2) is 0 Å². The van der Waals surface area contributed by atoms with Crippen LogP contribution in [0.5, 0.6) is 11.6 Å². The summed E-state index contributed by atoms with van der Waals surface area (Å²) in [5.41, 5.74) is 3.74. The molecule has 3 aromatic carbocycles. The van der Waals surface area contributed by atoms with E-state index in [1.165, 1.54) is 6.33 Å². The summed E-state index contributed by atoms with van der Waals surface area (Å²) in [6.45, 7) is 2.61. The molecule has 1 aliphatic heterocycles. The van der Waals surface area contributed by atoms with Crippen molar-refractivity contribution in [2.24, 2.45) is 7.05 Å². The van der Waals surface area contributed by atoms with Crippen molar-refractivity contribution in [3.63, 3.8) is 0 Å². The van der Waals surface area contributed by atoms with Gasteiger partial charge in [0.1, 0.15) is 42.0 Å². The van der Waals surface area contributed by atoms with Crippen molar-refractivity contribution in [1.29, 1.82) is 0 Å². The molecule has 0 bridgehead atoms. The number of morpholine rings is 1. The van der Waals surface area contributed by atoms with Crippen molar-refractivity contribution in [3.8, 4) is 11.6 Å². The fourth-order valence-electron chi connectivity index (χ4n) is 8.43. The average molecular weight is 778 g/mol. The SMILES string of the molecule is Cn1cnc([N+](=O)[O-])c1COc1cnc2cc(N3CCOCC3)nc(OC3CCC(c4nncn4C(c4ccccc4)(c4ccccc4)c4ccccc4)CC3)c2c1. The van der Waals surface area contributed by atoms with E-state index in [-0.39, 0.29) is 24.4 Å². The number of imidazole rings is 1. The number of aryl methyl sites for hydroxylation is 1. The fourth-order valence-corrected chi connectivity index (χ4v) is 8.43. The summed E-state index contributed by atoms with van der Waals surface area (Å²) >= 11 is 0. The second kappa shape index (κ2) is 16.1. The Balaban J connectivity index is 1.01. The van der Waals surface area contributed by atoms with Crippen molar-refractivity contribution in [2.45, 2.75) is 49.9 Å². The van der Waals surface area contributed by atoms with Crippen molar-refractivity contribution < 1.29 is 19.1 Å². The molecule has 58 heavy (non-hydrogen) atoms. The molecule has 2 fully saturated rings. The van der Waals surface area contributed by atoms with Crippen LogP contribution in [0.1, 0.15) is 59.8 Å². The average Bonchev–Trinajstić information content (AvgIpc) is 3.92. The number of nitrogens with zero attached hydrogens (tertiary/aromatic N) is 9. The van der Waals surface area contributed by atoms with E-state index in [2.05, 4.69) is 92.3 Å². The number of benzene rings is 3. The zero-order chi connectivity index (χ0) is 39.5. The molecular weight excluding hydrogens is 735 g/mol. The standard InChI is InChI=1S/C44H43N9O5/c1-50-29-46-42(53(54)55)39(50)28-57-36-25-37-38(45-27-36)26-40(51-21-23-56-24-22-51)48-43(37)58-35-19-17-31(18-20-35)41-49-47-30-52(41)44(32-11-5-2-6-12-32,33-13-7-3-8-14-33)34-15-9-4-10-16-34/h2-16,25-27,29-31,35H,17-24,28H2,1H3. The number of hydrogen-bond donors (Lipinski definition) is 0. The number of hydrogen-bond acceptors (Lipinski definition) is 11. The van der Waals surface area contributed by atoms with Gasteiger partial charge in [-0.1, -0.05) is 91.0 Å². The van der Waals surface area contributed by atoms with Crippen LogP contribution in [0.3, 0.4) is 0 Å². The second-order valence-corrected chi connectivity index (χ2v) is 14.8. The Kier molecular flexibility index (Phi) is 10.2. The summed E-state index contributed by atoms with van der Waals surface area (Å²) in [6, 6.07) is 35.6. The lowest BCUT2D eigenvalue weighted by atomic mass is 9.76. The zero-order valence-corrected chi connectivity index (χ0v) is 32.1. The molecule has 14 heteroatoms. The lowest BCUT2D eigenvalue weighted by Gasteiger charge is -2.39. The van der Waals surface area contributed by atoms with Crippen LogP contribution in [0.4, 0.5) is 11.6 Å². The monoisotopic (exact) mass is 777 g/mol. The highest BCUT2D eigenvalue weighted by Crippen LogP contribution is 2.44. The lowest BCUT2D eigenvalue weighted by molar-refractivity contribution is -0.390. The van der Waals surface area contributed by atoms with Crippen LogP contribution in [-0.2, 0) is 23.9 Å². The van der Waals surface area contributed by atoms with E-state index >= 15 is 0 Å². The zero-order valence-electron chi connectivity index (χ0n) is 32.1. The molecule has 0 N–H and O–H groups in total. The number of anilines is 1. The predicted octanol–water partition coefficient (Wildman–Crippen LogP) is 7.22. The van der Waals surface area contributed by atoms with Gasteiger partial charge in [0.2, 0.25) is 12.2 Å². The summed E-state index contributed by atoms with van der Waals surface area (Å²) in [7, 11) is 1.70. The minimum Gasteiger partial charge on any atom is -0.485 e. The van der Waals surface area contributed by atoms with Crippen LogP contribution in [-0.4, -0.2) is 71.6 Å². The number of pyridine rings is 2. The maximum absolute atomic E-state index is 11.6. The highest BCUT2D eigenvalue weighted by molar-refractivity contribution is 5.87. The molecular formula is C44H43N9O5. The molecule has 0 atom stereocenters. The molecule has 2 aliphatic rings. The van der Waals surface area contributed by atoms with Gasteiger partial charge in [-0.2, -0.15) is 4.98 Å². The normalized spacial score (nSPS) is 17.3. The molecule has 1 aliphatic carbocycles. The van der Waals surface area contributed by atoms with Crippen molar-refractivity contribution in [3.05, 3.63) is 160 Å². The molecule has 0 radical (unpaired) electrons. The van der Waals surface area contributed by atoms with Gasteiger partial charge in [0.25, 0.3) is 0 Å². The Morgan fingerprint density at radius 1 is 0.845 bits per heavy atom. The van der Waals surface area contributed by atoms with Crippen LogP contribution in [0, 0.1) is 10.1 Å². The third kappa shape index (κ3) is 7.00. The molecule has 4 aromatic heterocycles. The van der Waals surface area contributed by atoms with Gasteiger partial charge < -0.3 is 33.8 Å². The largest absolute Gasteiger partial charge is 0.485 e. The Labute approximate surface area is 335 Å². The van der Waals surface area contributed by atoms with E-state index in [1.807, 2.05) is 36.7 Å². The van der Waals surface area contributed by atoms with E-state index in [9.17, 15) is 10.1 Å². The van der Waals surface area contributed by atoms with E-state index in [0.29, 0.717) is 54.5 Å². The lowest BCUT2D eigenvalue weighted by Crippen LogP contribution is -2.39. The van der Waals surface area contributed by atoms with Gasteiger partial charge in [-0.15, -0.1) is 10.2 Å². The highest BCUT2D eigenvalue weighted by Gasteiger charge is 2.42. The fraction of sp³-hybridized carbons (Fsp3) is 0.295. The Morgan fingerprint density at radius 3 is 2.10 bits per heavy atom. The van der Waals surface area contributed by atoms with Crippen LogP contribution < -0.4 is 14.4 Å². The molecule has 7 aromatic rings. The second-order valence-electron chi connectivity index (χ2n) is 14.8. The molecule has 0 amide bonds. The molecule has 9 rings (SSSR count). The Hall–Kier alpha value is -6.67. The smallest absolute Gasteiger partial charge is 0.388 e. The first kappa shape index (κ1) is 36.9. The number of aromatic nitrogens is 7. The number of ether oxygens (including phenoxy) is 3. The van der Waals surface area contributed by atoms with Gasteiger partial charge >= 0.3 is 5.82 Å². The van der Waals surface area contributed by atoms with Crippen molar-refractivity contribution in [2.75, 3.05) is 31.2 Å². The first-order valence-electron chi connectivity index (χ1n) is 19.6. The molecule has 0 spiro atoms. The molecule has 0 unspecified atom stereocenters. The van der Waals surface area contributed by atoms with Gasteiger partial charge in [-0.3, -0.25) is 9.55 Å². The molecule has 5 heterocycles. The topological polar surface area (TPSA) is 148 Å². The minimum atomic E-state index is -0.701. The number of fused-ring (bicyclic) bond motifs is 1. The third-order valence-corrected chi connectivity index (χ3v) is 11.4. The van der Waals surface area contributed by atoms with Crippen LogP contribution in [0.15, 0.2) is 122 Å². The maximum atomic E-state index is 11.6. The predicted molar refractivity (Wildman–Crippen MR) is 217 cm³/mol. The summed E-state index contributed by atoms with van der Waals surface area (Å²) in [4.78, 5) is 26.9. The molecule has 294 valence electrons. The van der Waals surface area contributed by atoms with Gasteiger partial charge in [0.05, 0.1) is 30.3 Å². The van der Waals surface area contributed by atoms with Crippen LogP contribution >= 0.6 is 0 Å². The summed E-state index contributed by atoms with van der Waals surface area (Å²) in [5.74, 6) is 2.53. The van der Waals surface area contributed by atoms with E-state index in [0.717, 1.165) is 54.0 Å². The number of rotatable bonds is 12. The summed E-state index contributed by atoms with van der Waals surface area (Å²) in [5, 5.41) is 21.7. The highest BCUT2D eigenvalue weighted by atomic mass is 16.6. The first-order valence-corrected chi connectivity index (χ1v) is 19.6. The number of nitro groups is 1. The quantitative estimate of drug-likeness (QED) is 0.0703. The van der Waals surface area contributed by atoms with Gasteiger partial charge in [0, 0.05) is 32.1 Å². The van der Waals surface area contributed by atoms with Crippen molar-refractivity contribution in [1.82, 2.24) is 34.3 Å². The maximum Gasteiger partial charge on any atom is 0.388 e. The van der Waals surface area contributed by atoms with Crippen molar-refractivity contribution >= 4 is 22.5 Å². The van der Waals surface area contributed by atoms with E-state index in [4.69, 9.17) is 29.3 Å². The molecule has 1 saturated heterocycles. The summed E-state index contributed by atoms with van der Waals surface area (Å²) < 4.78 is 22.4.